The molecule has 2 aliphatic heterocycles. The van der Waals surface area contributed by atoms with Gasteiger partial charge in [-0.05, 0) is 11.8 Å². The van der Waals surface area contributed by atoms with Gasteiger partial charge in [-0.1, -0.05) is 11.8 Å². The molecule has 0 aromatic rings. The molecule has 2 rings (SSSR count). The first-order chi connectivity index (χ1) is 5.42. The van der Waals surface area contributed by atoms with E-state index in [1.54, 1.807) is 11.8 Å². The zero-order chi connectivity index (χ0) is 7.68. The number of alkyl halides is 1. The summed E-state index contributed by atoms with van der Waals surface area (Å²) in [4.78, 5) is 6.59. The Morgan fingerprint density at radius 2 is 2.64 bits per heavy atom. The molecule has 2 nitrogen and oxygen atoms in total. The van der Waals surface area contributed by atoms with E-state index in [0.717, 1.165) is 24.7 Å². The van der Waals surface area contributed by atoms with Crippen molar-refractivity contribution >= 4 is 28.5 Å². The minimum Gasteiger partial charge on any atom is -0.323 e. The molecule has 0 saturated carbocycles. The number of rotatable bonds is 1. The summed E-state index contributed by atoms with van der Waals surface area (Å²) in [5.74, 6) is 0.603. The highest BCUT2D eigenvalue weighted by Crippen LogP contribution is 2.28. The summed E-state index contributed by atoms with van der Waals surface area (Å²) < 4.78 is 0. The van der Waals surface area contributed by atoms with E-state index in [4.69, 9.17) is 11.6 Å². The van der Waals surface area contributed by atoms with Gasteiger partial charge >= 0.3 is 0 Å². The van der Waals surface area contributed by atoms with Gasteiger partial charge in [0.15, 0.2) is 5.17 Å². The van der Waals surface area contributed by atoms with Gasteiger partial charge in [0.2, 0.25) is 0 Å². The van der Waals surface area contributed by atoms with Crippen LogP contribution < -0.4 is 0 Å². The Kier molecular flexibility index (Phi) is 2.09. The van der Waals surface area contributed by atoms with Crippen molar-refractivity contribution in [3.05, 3.63) is 11.1 Å². The summed E-state index contributed by atoms with van der Waals surface area (Å²) >= 11 is 7.44. The Balaban J connectivity index is 2.19. The number of fused-ring (bicyclic) bond motifs is 1. The Morgan fingerprint density at radius 1 is 1.73 bits per heavy atom. The van der Waals surface area contributed by atoms with Crippen LogP contribution in [0.25, 0.3) is 0 Å². The van der Waals surface area contributed by atoms with Crippen LogP contribution >= 0.6 is 23.4 Å². The zero-order valence-electron chi connectivity index (χ0n) is 6.09. The standard InChI is InChI=1S/C7H9ClN2S/c8-4-6-5-11-7-9-2-1-3-10(6)7/h5H,1-4H2. The van der Waals surface area contributed by atoms with Gasteiger partial charge in [0.1, 0.15) is 0 Å². The first-order valence-electron chi connectivity index (χ1n) is 3.65. The molecule has 60 valence electrons. The van der Waals surface area contributed by atoms with Crippen LogP contribution in [0.2, 0.25) is 0 Å². The van der Waals surface area contributed by atoms with E-state index in [1.165, 1.54) is 5.70 Å². The van der Waals surface area contributed by atoms with Crippen molar-refractivity contribution < 1.29 is 0 Å². The van der Waals surface area contributed by atoms with Crippen molar-refractivity contribution in [2.75, 3.05) is 19.0 Å². The third kappa shape index (κ3) is 1.27. The molecule has 4 heteroatoms. The molecule has 0 aromatic heterocycles. The third-order valence-electron chi connectivity index (χ3n) is 1.80. The molecule has 0 amide bonds. The van der Waals surface area contributed by atoms with Gasteiger partial charge in [0, 0.05) is 18.8 Å². The molecule has 0 aromatic carbocycles. The van der Waals surface area contributed by atoms with E-state index in [0.29, 0.717) is 5.88 Å². The quantitative estimate of drug-likeness (QED) is 0.584. The van der Waals surface area contributed by atoms with Gasteiger partial charge in [0.05, 0.1) is 5.88 Å². The first-order valence-corrected chi connectivity index (χ1v) is 5.07. The fourth-order valence-electron chi connectivity index (χ4n) is 1.24. The maximum absolute atomic E-state index is 5.75. The van der Waals surface area contributed by atoms with Crippen LogP contribution in [0.5, 0.6) is 0 Å². The predicted octanol–water partition coefficient (Wildman–Crippen LogP) is 1.88. The number of nitrogens with zero attached hydrogens (tertiary/aromatic N) is 2. The van der Waals surface area contributed by atoms with Crippen molar-refractivity contribution in [1.29, 1.82) is 0 Å². The Bertz CT molecular complexity index is 224. The SMILES string of the molecule is ClCC1=CSC2=NCCCN12. The van der Waals surface area contributed by atoms with Gasteiger partial charge in [-0.3, -0.25) is 4.99 Å². The Hall–Kier alpha value is -0.150. The highest BCUT2D eigenvalue weighted by Gasteiger charge is 2.23. The lowest BCUT2D eigenvalue weighted by Gasteiger charge is -2.24. The van der Waals surface area contributed by atoms with Gasteiger partial charge < -0.3 is 4.90 Å². The number of amidine groups is 1. The maximum Gasteiger partial charge on any atom is 0.167 e. The molecule has 0 saturated heterocycles. The number of thioether (sulfide) groups is 1. The van der Waals surface area contributed by atoms with Crippen LogP contribution in [-0.2, 0) is 0 Å². The second kappa shape index (κ2) is 3.07. The molecule has 0 aliphatic carbocycles. The third-order valence-corrected chi connectivity index (χ3v) is 3.03. The van der Waals surface area contributed by atoms with Gasteiger partial charge in [-0.25, -0.2) is 0 Å². The van der Waals surface area contributed by atoms with Crippen LogP contribution in [0, 0.1) is 0 Å². The van der Waals surface area contributed by atoms with Gasteiger partial charge in [0.25, 0.3) is 0 Å². The van der Waals surface area contributed by atoms with Crippen molar-refractivity contribution in [3.8, 4) is 0 Å². The molecule has 0 fully saturated rings. The smallest absolute Gasteiger partial charge is 0.167 e. The lowest BCUT2D eigenvalue weighted by atomic mass is 10.3. The normalized spacial score (nSPS) is 22.8. The largest absolute Gasteiger partial charge is 0.323 e. The summed E-state index contributed by atoms with van der Waals surface area (Å²) in [7, 11) is 0. The van der Waals surface area contributed by atoms with E-state index >= 15 is 0 Å². The van der Waals surface area contributed by atoms with Crippen LogP contribution in [0.1, 0.15) is 6.42 Å². The lowest BCUT2D eigenvalue weighted by molar-refractivity contribution is 0.490. The van der Waals surface area contributed by atoms with Crippen molar-refractivity contribution in [3.63, 3.8) is 0 Å². The summed E-state index contributed by atoms with van der Waals surface area (Å²) in [6, 6.07) is 0. The van der Waals surface area contributed by atoms with E-state index in [2.05, 4.69) is 15.3 Å². The predicted molar refractivity (Wildman–Crippen MR) is 50.0 cm³/mol. The second-order valence-corrected chi connectivity index (χ2v) is 3.63. The van der Waals surface area contributed by atoms with E-state index in [9.17, 15) is 0 Å². The average Bonchev–Trinajstić information content (AvgIpc) is 2.47. The fraction of sp³-hybridized carbons (Fsp3) is 0.571. The van der Waals surface area contributed by atoms with Crippen LogP contribution in [0.3, 0.4) is 0 Å². The highest BCUT2D eigenvalue weighted by molar-refractivity contribution is 8.16. The Morgan fingerprint density at radius 3 is 3.45 bits per heavy atom. The lowest BCUT2D eigenvalue weighted by Crippen LogP contribution is -2.30. The molecule has 0 unspecified atom stereocenters. The van der Waals surface area contributed by atoms with E-state index < -0.39 is 0 Å². The Labute approximate surface area is 75.3 Å². The van der Waals surface area contributed by atoms with Gasteiger partial charge in [-0.15, -0.1) is 11.6 Å². The first kappa shape index (κ1) is 7.50. The molecule has 0 radical (unpaired) electrons. The van der Waals surface area contributed by atoms with Crippen LogP contribution in [0.15, 0.2) is 16.1 Å². The molecule has 0 atom stereocenters. The van der Waals surface area contributed by atoms with Crippen LogP contribution in [0.4, 0.5) is 0 Å². The van der Waals surface area contributed by atoms with Crippen LogP contribution in [-0.4, -0.2) is 29.0 Å². The number of hydrogen-bond acceptors (Lipinski definition) is 3. The maximum atomic E-state index is 5.75. The molecule has 0 N–H and O–H groups in total. The highest BCUT2D eigenvalue weighted by atomic mass is 35.5. The monoisotopic (exact) mass is 188 g/mol. The number of allylic oxidation sites excluding steroid dienone is 1. The number of aliphatic imine (C=N–C) groups is 1. The summed E-state index contributed by atoms with van der Waals surface area (Å²) in [6.07, 6.45) is 1.15. The summed E-state index contributed by atoms with van der Waals surface area (Å²) in [5.41, 5.74) is 1.20. The molecular weight excluding hydrogens is 180 g/mol. The average molecular weight is 189 g/mol. The number of halogens is 1. The second-order valence-electron chi connectivity index (χ2n) is 2.53. The number of hydrogen-bond donors (Lipinski definition) is 0. The van der Waals surface area contributed by atoms with E-state index in [1.807, 2.05) is 0 Å². The summed E-state index contributed by atoms with van der Waals surface area (Å²) in [5, 5.41) is 3.23. The zero-order valence-corrected chi connectivity index (χ0v) is 7.66. The van der Waals surface area contributed by atoms with Crippen molar-refractivity contribution in [1.82, 2.24) is 4.90 Å². The molecule has 11 heavy (non-hydrogen) atoms. The molecular formula is C7H9ClN2S. The molecule has 0 bridgehead atoms. The summed E-state index contributed by atoms with van der Waals surface area (Å²) in [6.45, 7) is 2.06. The van der Waals surface area contributed by atoms with Gasteiger partial charge in [-0.2, -0.15) is 0 Å². The van der Waals surface area contributed by atoms with Crippen molar-refractivity contribution in [2.45, 2.75) is 6.42 Å². The minimum atomic E-state index is 0.603. The molecule has 0 spiro atoms. The minimum absolute atomic E-state index is 0.603. The fourth-order valence-corrected chi connectivity index (χ4v) is 2.51. The van der Waals surface area contributed by atoms with Crippen molar-refractivity contribution in [2.24, 2.45) is 4.99 Å². The van der Waals surface area contributed by atoms with E-state index in [-0.39, 0.29) is 0 Å². The molecule has 2 heterocycles. The topological polar surface area (TPSA) is 15.6 Å². The molecule has 2 aliphatic rings.